The SMILES string of the molecule is CCC(C)(C)c1ccc([I+]c2ccc(C(C)(C)CC)cc2)cc1.O=S(=O)(O)O. The van der Waals surface area contributed by atoms with Crippen molar-refractivity contribution in [1.29, 1.82) is 0 Å². The molecule has 0 bridgehead atoms. The van der Waals surface area contributed by atoms with E-state index >= 15 is 0 Å². The second-order valence-corrected chi connectivity index (χ2v) is 12.0. The number of rotatable bonds is 6. The quantitative estimate of drug-likeness (QED) is 0.455. The molecular weight excluding hydrogens is 487 g/mol. The van der Waals surface area contributed by atoms with Crippen LogP contribution in [0, 0.1) is 7.14 Å². The number of hydrogen-bond acceptors (Lipinski definition) is 2. The molecule has 0 spiro atoms. The molecule has 0 saturated carbocycles. The Hall–Kier alpha value is -0.960. The van der Waals surface area contributed by atoms with Gasteiger partial charge in [0.15, 0.2) is 7.14 Å². The summed E-state index contributed by atoms with van der Waals surface area (Å²) in [7, 11) is -4.67. The maximum Gasteiger partial charge on any atom is 0.394 e. The van der Waals surface area contributed by atoms with E-state index in [0.29, 0.717) is 0 Å². The molecular formula is C22H32IO4S+. The van der Waals surface area contributed by atoms with Gasteiger partial charge in [0.1, 0.15) is 0 Å². The molecule has 28 heavy (non-hydrogen) atoms. The molecule has 4 nitrogen and oxygen atoms in total. The van der Waals surface area contributed by atoms with Crippen LogP contribution in [0.15, 0.2) is 48.5 Å². The Balaban J connectivity index is 0.000000696. The van der Waals surface area contributed by atoms with Gasteiger partial charge >= 0.3 is 31.6 Å². The predicted molar refractivity (Wildman–Crippen MR) is 111 cm³/mol. The lowest BCUT2D eigenvalue weighted by atomic mass is 9.82. The molecule has 2 rings (SSSR count). The summed E-state index contributed by atoms with van der Waals surface area (Å²) in [6, 6.07) is 18.7. The zero-order chi connectivity index (χ0) is 21.6. The first-order valence-electron chi connectivity index (χ1n) is 9.34. The van der Waals surface area contributed by atoms with Gasteiger partial charge in [0.25, 0.3) is 0 Å². The maximum atomic E-state index is 8.74. The molecule has 0 radical (unpaired) electrons. The van der Waals surface area contributed by atoms with Crippen molar-refractivity contribution in [2.45, 2.75) is 65.2 Å². The Kier molecular flexibility index (Phi) is 9.12. The summed E-state index contributed by atoms with van der Waals surface area (Å²) >= 11 is -0.0793. The molecule has 0 amide bonds. The molecule has 0 aliphatic carbocycles. The van der Waals surface area contributed by atoms with Crippen molar-refractivity contribution in [2.75, 3.05) is 0 Å². The summed E-state index contributed by atoms with van der Waals surface area (Å²) in [5.74, 6) is 0. The Morgan fingerprint density at radius 3 is 1.18 bits per heavy atom. The fraction of sp³-hybridized carbons (Fsp3) is 0.455. The van der Waals surface area contributed by atoms with Crippen molar-refractivity contribution < 1.29 is 38.7 Å². The molecule has 0 aliphatic rings. The van der Waals surface area contributed by atoms with Gasteiger partial charge < -0.3 is 0 Å². The topological polar surface area (TPSA) is 74.6 Å². The van der Waals surface area contributed by atoms with Crippen LogP contribution in [0.4, 0.5) is 0 Å². The molecule has 2 aromatic carbocycles. The normalized spacial score (nSPS) is 12.3. The average molecular weight is 519 g/mol. The van der Waals surface area contributed by atoms with Crippen LogP contribution < -0.4 is 21.2 Å². The monoisotopic (exact) mass is 519 g/mol. The van der Waals surface area contributed by atoms with Crippen LogP contribution in [0.3, 0.4) is 0 Å². The maximum absolute atomic E-state index is 8.74. The summed E-state index contributed by atoms with van der Waals surface area (Å²) in [6.45, 7) is 13.8. The third-order valence-corrected chi connectivity index (χ3v) is 7.92. The van der Waals surface area contributed by atoms with Crippen LogP contribution in [0.5, 0.6) is 0 Å². The number of halogens is 1. The predicted octanol–water partition coefficient (Wildman–Crippen LogP) is 2.54. The second-order valence-electron chi connectivity index (χ2n) is 8.03. The van der Waals surface area contributed by atoms with E-state index in [1.54, 1.807) is 0 Å². The lowest BCUT2D eigenvalue weighted by Gasteiger charge is -2.23. The van der Waals surface area contributed by atoms with Crippen LogP contribution in [0.2, 0.25) is 0 Å². The lowest BCUT2D eigenvalue weighted by Crippen LogP contribution is -3.61. The van der Waals surface area contributed by atoms with Gasteiger partial charge in [-0.05, 0) is 59.1 Å². The van der Waals surface area contributed by atoms with E-state index in [9.17, 15) is 0 Å². The minimum Gasteiger partial charge on any atom is -0.264 e. The van der Waals surface area contributed by atoms with E-state index in [0.717, 1.165) is 0 Å². The summed E-state index contributed by atoms with van der Waals surface area (Å²) in [6.07, 6.45) is 2.35. The van der Waals surface area contributed by atoms with Crippen LogP contribution in [0.1, 0.15) is 65.5 Å². The summed E-state index contributed by atoms with van der Waals surface area (Å²) in [4.78, 5) is 0. The van der Waals surface area contributed by atoms with Crippen LogP contribution in [-0.2, 0) is 21.2 Å². The van der Waals surface area contributed by atoms with Crippen molar-refractivity contribution in [2.24, 2.45) is 0 Å². The highest BCUT2D eigenvalue weighted by Crippen LogP contribution is 2.26. The van der Waals surface area contributed by atoms with Crippen molar-refractivity contribution in [1.82, 2.24) is 0 Å². The molecule has 0 fully saturated rings. The van der Waals surface area contributed by atoms with E-state index in [2.05, 4.69) is 90.1 Å². The van der Waals surface area contributed by atoms with E-state index in [-0.39, 0.29) is 32.0 Å². The Labute approximate surface area is 180 Å². The molecule has 0 saturated heterocycles. The fourth-order valence-electron chi connectivity index (χ4n) is 2.46. The van der Waals surface area contributed by atoms with Gasteiger partial charge in [-0.3, -0.25) is 9.11 Å². The number of hydrogen-bond donors (Lipinski definition) is 2. The van der Waals surface area contributed by atoms with Gasteiger partial charge in [-0.25, -0.2) is 0 Å². The molecule has 0 aromatic heterocycles. The van der Waals surface area contributed by atoms with Gasteiger partial charge in [-0.15, -0.1) is 0 Å². The summed E-state index contributed by atoms with van der Waals surface area (Å²) in [5, 5.41) is 0. The molecule has 2 aromatic rings. The summed E-state index contributed by atoms with van der Waals surface area (Å²) < 4.78 is 34.6. The highest BCUT2D eigenvalue weighted by Gasteiger charge is 2.22. The van der Waals surface area contributed by atoms with E-state index < -0.39 is 10.4 Å². The third-order valence-electron chi connectivity index (χ3n) is 5.24. The van der Waals surface area contributed by atoms with Crippen molar-refractivity contribution in [3.63, 3.8) is 0 Å². The van der Waals surface area contributed by atoms with E-state index in [1.165, 1.54) is 31.1 Å². The van der Waals surface area contributed by atoms with Crippen molar-refractivity contribution >= 4 is 10.4 Å². The first-order chi connectivity index (χ1) is 12.8. The highest BCUT2D eigenvalue weighted by atomic mass is 127. The molecule has 0 heterocycles. The van der Waals surface area contributed by atoms with Gasteiger partial charge in [0.2, 0.25) is 0 Å². The van der Waals surface area contributed by atoms with E-state index in [1.807, 2.05) is 0 Å². The molecule has 0 atom stereocenters. The molecule has 0 aliphatic heterocycles. The minimum atomic E-state index is -4.67. The van der Waals surface area contributed by atoms with E-state index in [4.69, 9.17) is 17.5 Å². The molecule has 2 N–H and O–H groups in total. The molecule has 6 heteroatoms. The zero-order valence-electron chi connectivity index (χ0n) is 17.5. The van der Waals surface area contributed by atoms with Gasteiger partial charge in [-0.2, -0.15) is 8.42 Å². The van der Waals surface area contributed by atoms with Crippen molar-refractivity contribution in [3.8, 4) is 0 Å². The van der Waals surface area contributed by atoms with Gasteiger partial charge in [0.05, 0.1) is 0 Å². The van der Waals surface area contributed by atoms with Gasteiger partial charge in [0, 0.05) is 0 Å². The number of benzene rings is 2. The van der Waals surface area contributed by atoms with Crippen molar-refractivity contribution in [3.05, 3.63) is 66.8 Å². The smallest absolute Gasteiger partial charge is 0.264 e. The van der Waals surface area contributed by atoms with Gasteiger partial charge in [-0.1, -0.05) is 65.8 Å². The molecule has 156 valence electrons. The standard InChI is InChI=1S/C22H30I.H2O4S/c1-7-21(3,4)17-9-13-19(14-10-17)23-20-15-11-18(12-16-20)22(5,6)8-2;1-5(2,3)4/h9-16H,7-8H2,1-6H3;(H2,1,2,3,4)/q+1;. The Morgan fingerprint density at radius 2 is 0.964 bits per heavy atom. The molecule has 0 unspecified atom stereocenters. The average Bonchev–Trinajstić information content (AvgIpc) is 2.61. The lowest BCUT2D eigenvalue weighted by molar-refractivity contribution is -0.597. The first kappa shape index (κ1) is 25.1. The first-order valence-corrected chi connectivity index (χ1v) is 12.9. The van der Waals surface area contributed by atoms with Crippen LogP contribution in [-0.4, -0.2) is 17.5 Å². The second kappa shape index (κ2) is 10.2. The largest absolute Gasteiger partial charge is 0.394 e. The zero-order valence-corrected chi connectivity index (χ0v) is 20.5. The summed E-state index contributed by atoms with van der Waals surface area (Å²) in [5.41, 5.74) is 3.47. The minimum absolute atomic E-state index is 0.0793. The Bertz CT molecular complexity index is 774. The van der Waals surface area contributed by atoms with Crippen LogP contribution in [0.25, 0.3) is 0 Å². The third kappa shape index (κ3) is 8.59. The highest BCUT2D eigenvalue weighted by molar-refractivity contribution is 7.79. The van der Waals surface area contributed by atoms with Crippen LogP contribution >= 0.6 is 0 Å². The Morgan fingerprint density at radius 1 is 0.714 bits per heavy atom. The fourth-order valence-corrected chi connectivity index (χ4v) is 4.62.